The van der Waals surface area contributed by atoms with Gasteiger partial charge in [0, 0.05) is 19.0 Å². The minimum Gasteiger partial charge on any atom is -0.391 e. The maximum atomic E-state index is 11.4. The molecule has 0 saturated heterocycles. The van der Waals surface area contributed by atoms with Crippen molar-refractivity contribution in [1.29, 1.82) is 0 Å². The number of nitrogens with one attached hydrogen (secondary N) is 2. The van der Waals surface area contributed by atoms with Crippen LogP contribution >= 0.6 is 0 Å². The Morgan fingerprint density at radius 3 is 2.73 bits per heavy atom. The number of hydrogen-bond donors (Lipinski definition) is 3. The van der Waals surface area contributed by atoms with Gasteiger partial charge >= 0.3 is 0 Å². The van der Waals surface area contributed by atoms with Crippen LogP contribution in [-0.4, -0.2) is 36.2 Å². The van der Waals surface area contributed by atoms with Gasteiger partial charge in [0.15, 0.2) is 0 Å². The van der Waals surface area contributed by atoms with Crippen molar-refractivity contribution in [2.75, 3.05) is 13.1 Å². The lowest BCUT2D eigenvalue weighted by Gasteiger charge is -2.14. The van der Waals surface area contributed by atoms with Crippen LogP contribution in [0.4, 0.5) is 0 Å². The molecular formula is C11H22N2O2. The SMILES string of the molecule is CCNC(C)CC(=O)NCC(O)C1CC1. The van der Waals surface area contributed by atoms with Crippen LogP contribution in [0, 0.1) is 5.92 Å². The van der Waals surface area contributed by atoms with E-state index in [4.69, 9.17) is 0 Å². The summed E-state index contributed by atoms with van der Waals surface area (Å²) in [6, 6.07) is 0.202. The van der Waals surface area contributed by atoms with Crippen LogP contribution in [0.1, 0.15) is 33.1 Å². The van der Waals surface area contributed by atoms with Gasteiger partial charge in [-0.2, -0.15) is 0 Å². The Balaban J connectivity index is 2.06. The standard InChI is InChI=1S/C11H22N2O2/c1-3-12-8(2)6-11(15)13-7-10(14)9-4-5-9/h8-10,12,14H,3-7H2,1-2H3,(H,13,15). The summed E-state index contributed by atoms with van der Waals surface area (Å²) in [6.07, 6.45) is 2.34. The third-order valence-corrected chi connectivity index (χ3v) is 2.72. The lowest BCUT2D eigenvalue weighted by molar-refractivity contribution is -0.122. The van der Waals surface area contributed by atoms with E-state index in [-0.39, 0.29) is 18.1 Å². The Labute approximate surface area is 91.4 Å². The zero-order valence-corrected chi connectivity index (χ0v) is 9.62. The molecule has 1 rings (SSSR count). The third kappa shape index (κ3) is 5.14. The van der Waals surface area contributed by atoms with Crippen LogP contribution in [0.15, 0.2) is 0 Å². The minimum atomic E-state index is -0.344. The normalized spacial score (nSPS) is 19.7. The molecule has 1 amide bonds. The Morgan fingerprint density at radius 1 is 1.53 bits per heavy atom. The fraction of sp³-hybridized carbons (Fsp3) is 0.909. The predicted octanol–water partition coefficient (Wildman–Crippen LogP) is 0.262. The quantitative estimate of drug-likeness (QED) is 0.570. The van der Waals surface area contributed by atoms with Gasteiger partial charge in [-0.25, -0.2) is 0 Å². The molecule has 1 aliphatic rings. The zero-order valence-electron chi connectivity index (χ0n) is 9.62. The van der Waals surface area contributed by atoms with E-state index in [1.807, 2.05) is 13.8 Å². The van der Waals surface area contributed by atoms with Gasteiger partial charge in [0.2, 0.25) is 5.91 Å². The number of rotatable bonds is 7. The van der Waals surface area contributed by atoms with Gasteiger partial charge in [0.05, 0.1) is 6.10 Å². The predicted molar refractivity (Wildman–Crippen MR) is 59.5 cm³/mol. The van der Waals surface area contributed by atoms with Crippen molar-refractivity contribution >= 4 is 5.91 Å². The van der Waals surface area contributed by atoms with Crippen LogP contribution < -0.4 is 10.6 Å². The first kappa shape index (κ1) is 12.5. The van der Waals surface area contributed by atoms with Gasteiger partial charge in [0.25, 0.3) is 0 Å². The van der Waals surface area contributed by atoms with Crippen molar-refractivity contribution in [2.24, 2.45) is 5.92 Å². The van der Waals surface area contributed by atoms with E-state index in [9.17, 15) is 9.90 Å². The van der Waals surface area contributed by atoms with Gasteiger partial charge in [-0.3, -0.25) is 4.79 Å². The van der Waals surface area contributed by atoms with Crippen molar-refractivity contribution in [3.63, 3.8) is 0 Å². The molecule has 0 aromatic carbocycles. The van der Waals surface area contributed by atoms with Crippen molar-refractivity contribution in [3.05, 3.63) is 0 Å². The molecule has 15 heavy (non-hydrogen) atoms. The van der Waals surface area contributed by atoms with Crippen LogP contribution in [0.25, 0.3) is 0 Å². The van der Waals surface area contributed by atoms with Crippen LogP contribution in [-0.2, 0) is 4.79 Å². The molecule has 88 valence electrons. The largest absolute Gasteiger partial charge is 0.391 e. The van der Waals surface area contributed by atoms with E-state index in [0.717, 1.165) is 19.4 Å². The Morgan fingerprint density at radius 2 is 2.20 bits per heavy atom. The fourth-order valence-electron chi connectivity index (χ4n) is 1.64. The van der Waals surface area contributed by atoms with Gasteiger partial charge in [-0.15, -0.1) is 0 Å². The van der Waals surface area contributed by atoms with Crippen molar-refractivity contribution in [1.82, 2.24) is 10.6 Å². The highest BCUT2D eigenvalue weighted by atomic mass is 16.3. The Hall–Kier alpha value is -0.610. The fourth-order valence-corrected chi connectivity index (χ4v) is 1.64. The number of aliphatic hydroxyl groups excluding tert-OH is 1. The monoisotopic (exact) mass is 214 g/mol. The molecule has 2 atom stereocenters. The van der Waals surface area contributed by atoms with Gasteiger partial charge < -0.3 is 15.7 Å². The summed E-state index contributed by atoms with van der Waals surface area (Å²) in [5, 5.41) is 15.5. The molecule has 3 N–H and O–H groups in total. The molecule has 0 bridgehead atoms. The maximum absolute atomic E-state index is 11.4. The summed E-state index contributed by atoms with van der Waals surface area (Å²) in [5.74, 6) is 0.444. The van der Waals surface area contributed by atoms with E-state index in [1.165, 1.54) is 0 Å². The first-order chi connectivity index (χ1) is 7.13. The molecule has 0 aromatic heterocycles. The second-order valence-electron chi connectivity index (χ2n) is 4.37. The molecule has 0 heterocycles. The van der Waals surface area contributed by atoms with Crippen LogP contribution in [0.2, 0.25) is 0 Å². The van der Waals surface area contributed by atoms with Crippen LogP contribution in [0.5, 0.6) is 0 Å². The summed E-state index contributed by atoms with van der Waals surface area (Å²) < 4.78 is 0. The van der Waals surface area contributed by atoms with E-state index < -0.39 is 0 Å². The van der Waals surface area contributed by atoms with Crippen molar-refractivity contribution in [3.8, 4) is 0 Å². The number of hydrogen-bond acceptors (Lipinski definition) is 3. The molecule has 4 nitrogen and oxygen atoms in total. The molecule has 1 aliphatic carbocycles. The topological polar surface area (TPSA) is 61.4 Å². The lowest BCUT2D eigenvalue weighted by Crippen LogP contribution is -2.37. The summed E-state index contributed by atoms with van der Waals surface area (Å²) in [4.78, 5) is 11.4. The number of aliphatic hydroxyl groups is 1. The molecule has 1 saturated carbocycles. The number of carbonyl (C=O) groups is 1. The molecule has 4 heteroatoms. The molecule has 0 spiro atoms. The Kier molecular flexibility index (Phi) is 5.05. The molecule has 0 radical (unpaired) electrons. The average Bonchev–Trinajstić information content (AvgIpc) is 2.97. The van der Waals surface area contributed by atoms with E-state index in [2.05, 4.69) is 10.6 Å². The highest BCUT2D eigenvalue weighted by Gasteiger charge is 2.29. The number of carbonyl (C=O) groups excluding carboxylic acids is 1. The van der Waals surface area contributed by atoms with Crippen molar-refractivity contribution < 1.29 is 9.90 Å². The smallest absolute Gasteiger partial charge is 0.221 e. The van der Waals surface area contributed by atoms with E-state index in [0.29, 0.717) is 18.9 Å². The minimum absolute atomic E-state index is 0.0168. The maximum Gasteiger partial charge on any atom is 0.221 e. The lowest BCUT2D eigenvalue weighted by atomic mass is 10.2. The molecule has 2 unspecified atom stereocenters. The van der Waals surface area contributed by atoms with Gasteiger partial charge in [-0.05, 0) is 32.2 Å². The summed E-state index contributed by atoms with van der Waals surface area (Å²) in [6.45, 7) is 5.28. The third-order valence-electron chi connectivity index (χ3n) is 2.72. The van der Waals surface area contributed by atoms with E-state index in [1.54, 1.807) is 0 Å². The molecule has 1 fully saturated rings. The van der Waals surface area contributed by atoms with Crippen LogP contribution in [0.3, 0.4) is 0 Å². The van der Waals surface area contributed by atoms with Gasteiger partial charge in [-0.1, -0.05) is 6.92 Å². The second kappa shape index (κ2) is 6.08. The van der Waals surface area contributed by atoms with E-state index >= 15 is 0 Å². The zero-order chi connectivity index (χ0) is 11.3. The summed E-state index contributed by atoms with van der Waals surface area (Å²) in [7, 11) is 0. The van der Waals surface area contributed by atoms with Gasteiger partial charge in [0.1, 0.15) is 0 Å². The Bertz CT molecular complexity index is 205. The highest BCUT2D eigenvalue weighted by Crippen LogP contribution is 2.32. The molecular weight excluding hydrogens is 192 g/mol. The summed E-state index contributed by atoms with van der Waals surface area (Å²) in [5.41, 5.74) is 0. The first-order valence-electron chi connectivity index (χ1n) is 5.81. The molecule has 0 aromatic rings. The average molecular weight is 214 g/mol. The number of amides is 1. The second-order valence-corrected chi connectivity index (χ2v) is 4.37. The summed E-state index contributed by atoms with van der Waals surface area (Å²) >= 11 is 0. The highest BCUT2D eigenvalue weighted by molar-refractivity contribution is 5.76. The first-order valence-corrected chi connectivity index (χ1v) is 5.81. The molecule has 0 aliphatic heterocycles. The van der Waals surface area contributed by atoms with Crippen molar-refractivity contribution in [2.45, 2.75) is 45.3 Å².